The van der Waals surface area contributed by atoms with Crippen LogP contribution in [0.3, 0.4) is 0 Å². The van der Waals surface area contributed by atoms with Crippen LogP contribution in [0.25, 0.3) is 17.0 Å². The fourth-order valence-electron chi connectivity index (χ4n) is 1.55. The van der Waals surface area contributed by atoms with Crippen molar-refractivity contribution in [3.63, 3.8) is 0 Å². The van der Waals surface area contributed by atoms with Crippen LogP contribution in [0.1, 0.15) is 5.76 Å². The van der Waals surface area contributed by atoms with Crippen molar-refractivity contribution >= 4 is 34.6 Å². The Morgan fingerprint density at radius 2 is 2.32 bits per heavy atom. The van der Waals surface area contributed by atoms with Crippen LogP contribution < -0.4 is 0 Å². The van der Waals surface area contributed by atoms with Gasteiger partial charge < -0.3 is 14.3 Å². The lowest BCUT2D eigenvalue weighted by atomic mass is 10.2. The number of methoxy groups -OCH3 is 1. The maximum absolute atomic E-state index is 11.3. The number of hydrogen-bond donors (Lipinski definition) is 1. The number of halogens is 1. The summed E-state index contributed by atoms with van der Waals surface area (Å²) in [6.45, 7) is 0. The van der Waals surface area contributed by atoms with E-state index in [-0.39, 0.29) is 17.1 Å². The van der Waals surface area contributed by atoms with Gasteiger partial charge in [-0.1, -0.05) is 11.6 Å². The molecule has 6 heteroatoms. The van der Waals surface area contributed by atoms with Gasteiger partial charge in [0.05, 0.1) is 12.5 Å². The minimum absolute atomic E-state index is 0.000725. The average Bonchev–Trinajstić information content (AvgIpc) is 2.72. The molecule has 0 aliphatic heterocycles. The van der Waals surface area contributed by atoms with E-state index >= 15 is 0 Å². The van der Waals surface area contributed by atoms with Crippen molar-refractivity contribution in [3.8, 4) is 11.8 Å². The van der Waals surface area contributed by atoms with Gasteiger partial charge in [-0.05, 0) is 18.2 Å². The maximum Gasteiger partial charge on any atom is 0.348 e. The highest BCUT2D eigenvalue weighted by atomic mass is 35.5. The number of nitrogens with zero attached hydrogens (tertiary/aromatic N) is 1. The van der Waals surface area contributed by atoms with Crippen LogP contribution in [0, 0.1) is 11.3 Å². The molecule has 0 radical (unpaired) electrons. The molecule has 0 spiro atoms. The summed E-state index contributed by atoms with van der Waals surface area (Å²) in [6.07, 6.45) is 1.12. The van der Waals surface area contributed by atoms with Gasteiger partial charge in [-0.3, -0.25) is 0 Å². The van der Waals surface area contributed by atoms with E-state index in [1.165, 1.54) is 6.07 Å². The predicted octanol–water partition coefficient (Wildman–Crippen LogP) is 2.87. The van der Waals surface area contributed by atoms with E-state index in [1.54, 1.807) is 18.2 Å². The zero-order chi connectivity index (χ0) is 14.0. The van der Waals surface area contributed by atoms with Crippen molar-refractivity contribution in [2.24, 2.45) is 0 Å². The van der Waals surface area contributed by atoms with Crippen LogP contribution in [0.5, 0.6) is 5.75 Å². The first-order valence-electron chi connectivity index (χ1n) is 5.18. The van der Waals surface area contributed by atoms with Gasteiger partial charge in [0.15, 0.2) is 11.5 Å². The Balaban J connectivity index is 2.58. The van der Waals surface area contributed by atoms with E-state index in [9.17, 15) is 9.90 Å². The van der Waals surface area contributed by atoms with E-state index in [1.807, 2.05) is 0 Å². The number of fused-ring (bicyclic) bond motifs is 1. The van der Waals surface area contributed by atoms with Crippen molar-refractivity contribution in [3.05, 3.63) is 34.6 Å². The summed E-state index contributed by atoms with van der Waals surface area (Å²) in [5, 5.41) is 19.6. The maximum atomic E-state index is 11.3. The number of ether oxygens (including phenoxy) is 1. The molecule has 0 saturated carbocycles. The molecule has 0 aliphatic rings. The Labute approximate surface area is 113 Å². The lowest BCUT2D eigenvalue weighted by Crippen LogP contribution is -2.02. The number of furan rings is 1. The largest absolute Gasteiger partial charge is 0.504 e. The summed E-state index contributed by atoms with van der Waals surface area (Å²) >= 11 is 5.81. The minimum Gasteiger partial charge on any atom is -0.504 e. The molecule has 2 aromatic rings. The highest BCUT2D eigenvalue weighted by molar-refractivity contribution is 6.31. The summed E-state index contributed by atoms with van der Waals surface area (Å²) in [5.41, 5.74) is 0.123. The number of esters is 1. The molecule has 0 aliphatic carbocycles. The lowest BCUT2D eigenvalue weighted by molar-refractivity contribution is -0.135. The van der Waals surface area contributed by atoms with E-state index in [2.05, 4.69) is 4.74 Å². The van der Waals surface area contributed by atoms with E-state index in [0.29, 0.717) is 16.0 Å². The Hall–Kier alpha value is -2.45. The predicted molar refractivity (Wildman–Crippen MR) is 68.5 cm³/mol. The first-order valence-corrected chi connectivity index (χ1v) is 5.55. The average molecular weight is 278 g/mol. The molecule has 0 unspecified atom stereocenters. The number of benzene rings is 1. The van der Waals surface area contributed by atoms with Gasteiger partial charge in [0.2, 0.25) is 0 Å². The van der Waals surface area contributed by atoms with Crippen LogP contribution >= 0.6 is 11.6 Å². The van der Waals surface area contributed by atoms with Crippen LogP contribution in [-0.2, 0) is 9.53 Å². The van der Waals surface area contributed by atoms with Crippen molar-refractivity contribution in [2.45, 2.75) is 0 Å². The van der Waals surface area contributed by atoms with Crippen molar-refractivity contribution in [1.29, 1.82) is 5.26 Å². The van der Waals surface area contributed by atoms with Gasteiger partial charge in [-0.2, -0.15) is 5.26 Å². The molecular formula is C13H8ClNO4. The molecule has 19 heavy (non-hydrogen) atoms. The van der Waals surface area contributed by atoms with Crippen LogP contribution in [-0.4, -0.2) is 18.2 Å². The molecular weight excluding hydrogens is 270 g/mol. The Kier molecular flexibility index (Phi) is 3.45. The van der Waals surface area contributed by atoms with E-state index in [0.717, 1.165) is 13.2 Å². The molecule has 0 amide bonds. The highest BCUT2D eigenvalue weighted by Crippen LogP contribution is 2.35. The number of carbonyl (C=O) groups is 1. The Morgan fingerprint density at radius 3 is 2.95 bits per heavy atom. The summed E-state index contributed by atoms with van der Waals surface area (Å²) in [7, 11) is 1.16. The van der Waals surface area contributed by atoms with Crippen molar-refractivity contribution < 1.29 is 19.1 Å². The molecule has 0 saturated heterocycles. The minimum atomic E-state index is -0.805. The topological polar surface area (TPSA) is 83.5 Å². The van der Waals surface area contributed by atoms with Gasteiger partial charge in [-0.25, -0.2) is 4.79 Å². The third-order valence-corrected chi connectivity index (χ3v) is 2.69. The molecule has 1 heterocycles. The zero-order valence-corrected chi connectivity index (χ0v) is 10.6. The Bertz CT molecular complexity index is 724. The first-order chi connectivity index (χ1) is 9.06. The summed E-state index contributed by atoms with van der Waals surface area (Å²) in [4.78, 5) is 11.3. The molecule has 1 aromatic heterocycles. The second kappa shape index (κ2) is 5.04. The third kappa shape index (κ3) is 2.39. The molecule has 0 bridgehead atoms. The monoisotopic (exact) mass is 277 g/mol. The second-order valence-electron chi connectivity index (χ2n) is 3.62. The number of carbonyl (C=O) groups excluding carboxylic acids is 1. The number of rotatable bonds is 2. The standard InChI is InChI=1S/C13H8ClNO4/c1-18-13(17)7(6-15)4-11-12(16)9-5-8(14)2-3-10(9)19-11/h2-5,16H,1H3/b7-4+. The number of hydrogen-bond acceptors (Lipinski definition) is 5. The van der Waals surface area contributed by atoms with Gasteiger partial charge in [0.1, 0.15) is 17.2 Å². The molecule has 2 rings (SSSR count). The fraction of sp³-hybridized carbons (Fsp3) is 0.0769. The number of nitriles is 1. The van der Waals surface area contributed by atoms with Crippen LogP contribution in [0.2, 0.25) is 5.02 Å². The van der Waals surface area contributed by atoms with Crippen LogP contribution in [0.4, 0.5) is 0 Å². The first kappa shape index (κ1) is 13.0. The normalized spacial score (nSPS) is 11.3. The summed E-state index contributed by atoms with van der Waals surface area (Å²) < 4.78 is 9.77. The fourth-order valence-corrected chi connectivity index (χ4v) is 1.72. The molecule has 1 N–H and O–H groups in total. The van der Waals surface area contributed by atoms with Gasteiger partial charge in [-0.15, -0.1) is 0 Å². The second-order valence-corrected chi connectivity index (χ2v) is 4.05. The quantitative estimate of drug-likeness (QED) is 0.518. The van der Waals surface area contributed by atoms with Gasteiger partial charge >= 0.3 is 5.97 Å². The third-order valence-electron chi connectivity index (χ3n) is 2.45. The molecule has 0 fully saturated rings. The smallest absolute Gasteiger partial charge is 0.348 e. The van der Waals surface area contributed by atoms with Gasteiger partial charge in [0.25, 0.3) is 0 Å². The van der Waals surface area contributed by atoms with Crippen molar-refractivity contribution in [2.75, 3.05) is 7.11 Å². The molecule has 0 atom stereocenters. The van der Waals surface area contributed by atoms with Crippen LogP contribution in [0.15, 0.2) is 28.2 Å². The lowest BCUT2D eigenvalue weighted by Gasteiger charge is -1.94. The number of aromatic hydroxyl groups is 1. The van der Waals surface area contributed by atoms with Gasteiger partial charge in [0, 0.05) is 11.1 Å². The van der Waals surface area contributed by atoms with E-state index in [4.69, 9.17) is 21.3 Å². The molecule has 96 valence electrons. The highest BCUT2D eigenvalue weighted by Gasteiger charge is 2.16. The van der Waals surface area contributed by atoms with E-state index < -0.39 is 5.97 Å². The Morgan fingerprint density at radius 1 is 1.58 bits per heavy atom. The SMILES string of the molecule is COC(=O)/C(C#N)=C/c1oc2ccc(Cl)cc2c1O. The van der Waals surface area contributed by atoms with Crippen molar-refractivity contribution in [1.82, 2.24) is 0 Å². The summed E-state index contributed by atoms with van der Waals surface area (Å²) in [5.74, 6) is -0.992. The molecule has 5 nitrogen and oxygen atoms in total. The molecule has 1 aromatic carbocycles. The zero-order valence-electron chi connectivity index (χ0n) is 9.81. The summed E-state index contributed by atoms with van der Waals surface area (Å²) in [6, 6.07) is 6.38.